The van der Waals surface area contributed by atoms with Crippen molar-refractivity contribution in [1.82, 2.24) is 15.5 Å². The van der Waals surface area contributed by atoms with E-state index in [0.29, 0.717) is 12.0 Å². The van der Waals surface area contributed by atoms with Crippen LogP contribution in [0.1, 0.15) is 37.5 Å². The van der Waals surface area contributed by atoms with Crippen LogP contribution >= 0.6 is 11.6 Å². The van der Waals surface area contributed by atoms with Crippen LogP contribution in [0.2, 0.25) is 5.02 Å². The molecule has 0 aliphatic carbocycles. The first-order valence-electron chi connectivity index (χ1n) is 8.40. The second-order valence-electron chi connectivity index (χ2n) is 6.04. The van der Waals surface area contributed by atoms with Crippen molar-refractivity contribution in [3.63, 3.8) is 0 Å². The van der Waals surface area contributed by atoms with Gasteiger partial charge in [-0.1, -0.05) is 25.1 Å². The Bertz CT molecular complexity index is 829. The lowest BCUT2D eigenvalue weighted by Gasteiger charge is -2.08. The highest BCUT2D eigenvalue weighted by Gasteiger charge is 2.19. The van der Waals surface area contributed by atoms with Gasteiger partial charge in [0.25, 0.3) is 5.91 Å². The maximum atomic E-state index is 13.3. The Morgan fingerprint density at radius 2 is 2.14 bits per heavy atom. The molecule has 1 atom stereocenters. The van der Waals surface area contributed by atoms with Crippen molar-refractivity contribution in [2.75, 3.05) is 13.2 Å². The first-order valence-corrected chi connectivity index (χ1v) is 8.78. The van der Waals surface area contributed by atoms with Gasteiger partial charge in [0.05, 0.1) is 5.02 Å². The van der Waals surface area contributed by atoms with Crippen LogP contribution in [0.3, 0.4) is 0 Å². The Morgan fingerprint density at radius 3 is 2.82 bits per heavy atom. The van der Waals surface area contributed by atoms with Crippen molar-refractivity contribution in [1.29, 1.82) is 0 Å². The van der Waals surface area contributed by atoms with Crippen LogP contribution in [-0.4, -0.2) is 35.7 Å². The number of nitrogens with one attached hydrogen (secondary N) is 1. The summed E-state index contributed by atoms with van der Waals surface area (Å²) in [6.07, 6.45) is -2.52. The number of ether oxygens (including phenoxy) is 1. The number of carbonyl (C=O) groups is 1. The molecule has 2 rings (SSSR count). The fraction of sp³-hybridized carbons (Fsp3) is 0.389. The fourth-order valence-corrected chi connectivity index (χ4v) is 2.29. The maximum absolute atomic E-state index is 13.3. The first-order chi connectivity index (χ1) is 13.3. The zero-order valence-electron chi connectivity index (χ0n) is 15.1. The minimum atomic E-state index is -2.46. The van der Waals surface area contributed by atoms with E-state index in [1.807, 2.05) is 0 Å². The Morgan fingerprint density at radius 1 is 1.39 bits per heavy atom. The van der Waals surface area contributed by atoms with Gasteiger partial charge in [-0.05, 0) is 18.6 Å². The SMILES string of the molecule is C=C(CCNC(=O)COc1ccc(Cl)c(F)c1)c1nnc([C@@H](C)CC(F)F)o1. The van der Waals surface area contributed by atoms with Gasteiger partial charge in [0, 0.05) is 30.5 Å². The molecule has 0 unspecified atom stereocenters. The molecule has 1 heterocycles. The van der Waals surface area contributed by atoms with Gasteiger partial charge in [0.15, 0.2) is 6.61 Å². The molecule has 10 heteroatoms. The van der Waals surface area contributed by atoms with E-state index in [1.54, 1.807) is 6.92 Å². The van der Waals surface area contributed by atoms with E-state index in [1.165, 1.54) is 12.1 Å². The normalized spacial score (nSPS) is 12.1. The number of alkyl halides is 2. The molecule has 1 N–H and O–H groups in total. The third-order valence-corrected chi connectivity index (χ3v) is 4.01. The number of aromatic nitrogens is 2. The molecule has 2 aromatic rings. The number of rotatable bonds is 10. The number of halogens is 4. The second-order valence-corrected chi connectivity index (χ2v) is 6.45. The van der Waals surface area contributed by atoms with E-state index in [4.69, 9.17) is 20.8 Å². The Balaban J connectivity index is 1.73. The van der Waals surface area contributed by atoms with Gasteiger partial charge in [0.2, 0.25) is 18.2 Å². The molecule has 0 aliphatic rings. The molecule has 28 heavy (non-hydrogen) atoms. The van der Waals surface area contributed by atoms with Gasteiger partial charge < -0.3 is 14.5 Å². The van der Waals surface area contributed by atoms with E-state index >= 15 is 0 Å². The Labute approximate surface area is 164 Å². The molecule has 0 saturated heterocycles. The number of nitrogens with zero attached hydrogens (tertiary/aromatic N) is 2. The van der Waals surface area contributed by atoms with E-state index in [9.17, 15) is 18.0 Å². The lowest BCUT2D eigenvalue weighted by molar-refractivity contribution is -0.123. The summed E-state index contributed by atoms with van der Waals surface area (Å²) in [5.41, 5.74) is 0.462. The number of amides is 1. The highest BCUT2D eigenvalue weighted by Crippen LogP contribution is 2.24. The van der Waals surface area contributed by atoms with Crippen molar-refractivity contribution in [3.8, 4) is 5.75 Å². The summed E-state index contributed by atoms with van der Waals surface area (Å²) in [5, 5.41) is 10.1. The van der Waals surface area contributed by atoms with Gasteiger partial charge >= 0.3 is 0 Å². The van der Waals surface area contributed by atoms with Gasteiger partial charge in [-0.3, -0.25) is 4.79 Å². The standard InChI is InChI=1S/C18H19ClF3N3O3/c1-10(17-24-25-18(28-17)11(2)7-15(21)22)5-6-23-16(26)9-27-12-3-4-13(19)14(20)8-12/h3-4,8,11,15H,1,5-7,9H2,2H3,(H,23,26)/t11-/m0/s1. The average Bonchev–Trinajstić information content (AvgIpc) is 3.12. The minimum absolute atomic E-state index is 0.0388. The average molecular weight is 418 g/mol. The van der Waals surface area contributed by atoms with Crippen molar-refractivity contribution < 1.29 is 27.1 Å². The summed E-state index contributed by atoms with van der Waals surface area (Å²) < 4.78 is 48.6. The summed E-state index contributed by atoms with van der Waals surface area (Å²) in [6.45, 7) is 5.27. The lowest BCUT2D eigenvalue weighted by Crippen LogP contribution is -2.29. The van der Waals surface area contributed by atoms with E-state index in [-0.39, 0.29) is 42.1 Å². The zero-order valence-corrected chi connectivity index (χ0v) is 15.8. The zero-order chi connectivity index (χ0) is 20.7. The molecule has 0 bridgehead atoms. The van der Waals surface area contributed by atoms with Crippen LogP contribution in [0.25, 0.3) is 5.57 Å². The highest BCUT2D eigenvalue weighted by atomic mass is 35.5. The molecule has 1 aromatic carbocycles. The number of benzene rings is 1. The molecule has 0 aliphatic heterocycles. The lowest BCUT2D eigenvalue weighted by atomic mass is 10.1. The third-order valence-electron chi connectivity index (χ3n) is 3.71. The summed E-state index contributed by atoms with van der Waals surface area (Å²) in [5.74, 6) is -1.19. The molecule has 0 spiro atoms. The van der Waals surface area contributed by atoms with Gasteiger partial charge in [-0.25, -0.2) is 13.2 Å². The largest absolute Gasteiger partial charge is 0.484 e. The van der Waals surface area contributed by atoms with Crippen LogP contribution in [0.4, 0.5) is 13.2 Å². The quantitative estimate of drug-likeness (QED) is 0.626. The van der Waals surface area contributed by atoms with Gasteiger partial charge in [-0.15, -0.1) is 10.2 Å². The summed E-state index contributed by atoms with van der Waals surface area (Å²) in [6, 6.07) is 3.86. The summed E-state index contributed by atoms with van der Waals surface area (Å²) >= 11 is 5.56. The second kappa shape index (κ2) is 10.1. The van der Waals surface area contributed by atoms with Gasteiger partial charge in [-0.2, -0.15) is 0 Å². The molecule has 1 aromatic heterocycles. The highest BCUT2D eigenvalue weighted by molar-refractivity contribution is 6.30. The van der Waals surface area contributed by atoms with Crippen LogP contribution in [0.15, 0.2) is 29.2 Å². The van der Waals surface area contributed by atoms with E-state index in [2.05, 4.69) is 22.1 Å². The molecule has 0 fully saturated rings. The topological polar surface area (TPSA) is 77.2 Å². The van der Waals surface area contributed by atoms with E-state index < -0.39 is 24.1 Å². The Hall–Kier alpha value is -2.55. The van der Waals surface area contributed by atoms with Crippen molar-refractivity contribution in [3.05, 3.63) is 47.4 Å². The third kappa shape index (κ3) is 6.56. The van der Waals surface area contributed by atoms with Crippen molar-refractivity contribution in [2.45, 2.75) is 32.1 Å². The van der Waals surface area contributed by atoms with Crippen LogP contribution < -0.4 is 10.1 Å². The summed E-state index contributed by atoms with van der Waals surface area (Å²) in [7, 11) is 0. The fourth-order valence-electron chi connectivity index (χ4n) is 2.17. The number of hydrogen-bond acceptors (Lipinski definition) is 5. The van der Waals surface area contributed by atoms with Crippen molar-refractivity contribution in [2.24, 2.45) is 0 Å². The number of carbonyl (C=O) groups excluding carboxylic acids is 1. The van der Waals surface area contributed by atoms with Gasteiger partial charge in [0.1, 0.15) is 11.6 Å². The van der Waals surface area contributed by atoms with Crippen LogP contribution in [0.5, 0.6) is 5.75 Å². The number of hydrogen-bond donors (Lipinski definition) is 1. The minimum Gasteiger partial charge on any atom is -0.484 e. The molecule has 0 saturated carbocycles. The van der Waals surface area contributed by atoms with Crippen LogP contribution in [-0.2, 0) is 4.79 Å². The van der Waals surface area contributed by atoms with E-state index in [0.717, 1.165) is 6.07 Å². The molecule has 1 amide bonds. The van der Waals surface area contributed by atoms with Crippen molar-refractivity contribution >= 4 is 23.1 Å². The molecular formula is C18H19ClF3N3O3. The summed E-state index contributed by atoms with van der Waals surface area (Å²) in [4.78, 5) is 11.8. The predicted molar refractivity (Wildman–Crippen MR) is 96.9 cm³/mol. The predicted octanol–water partition coefficient (Wildman–Crippen LogP) is 4.22. The monoisotopic (exact) mass is 417 g/mol. The van der Waals surface area contributed by atoms with Crippen LogP contribution in [0, 0.1) is 5.82 Å². The molecular weight excluding hydrogens is 399 g/mol. The molecule has 6 nitrogen and oxygen atoms in total. The maximum Gasteiger partial charge on any atom is 0.257 e. The first kappa shape index (κ1) is 21.7. The molecule has 152 valence electrons. The smallest absolute Gasteiger partial charge is 0.257 e. The Kier molecular flexibility index (Phi) is 7.86. The molecule has 0 radical (unpaired) electrons.